The van der Waals surface area contributed by atoms with E-state index in [1.807, 2.05) is 13.0 Å². The topological polar surface area (TPSA) is 82.5 Å². The van der Waals surface area contributed by atoms with E-state index in [4.69, 9.17) is 5.11 Å². The Bertz CT molecular complexity index is 730. The third-order valence-corrected chi connectivity index (χ3v) is 2.78. The van der Waals surface area contributed by atoms with Crippen molar-refractivity contribution in [1.82, 2.24) is 4.98 Å². The number of amides is 1. The van der Waals surface area contributed by atoms with Crippen LogP contribution < -0.4 is 5.32 Å². The maximum atomic E-state index is 12.0. The van der Waals surface area contributed by atoms with Gasteiger partial charge in [-0.05, 0) is 30.7 Å². The van der Waals surface area contributed by atoms with Gasteiger partial charge in [0, 0.05) is 17.4 Å². The highest BCUT2D eigenvalue weighted by Crippen LogP contribution is 2.16. The minimum absolute atomic E-state index is 0.0685. The van der Waals surface area contributed by atoms with Crippen LogP contribution in [-0.2, 0) is 0 Å². The maximum absolute atomic E-state index is 12.0. The zero-order valence-electron chi connectivity index (χ0n) is 11.4. The van der Waals surface area contributed by atoms with Crippen LogP contribution in [0.25, 0.3) is 0 Å². The molecule has 0 radical (unpaired) electrons. The molecule has 0 aliphatic carbocycles. The van der Waals surface area contributed by atoms with E-state index in [9.17, 15) is 9.90 Å². The largest absolute Gasteiger partial charge is 0.506 e. The van der Waals surface area contributed by atoms with Crippen LogP contribution in [0.15, 0.2) is 36.7 Å². The first-order chi connectivity index (χ1) is 10.1. The van der Waals surface area contributed by atoms with Crippen LogP contribution in [-0.4, -0.2) is 27.7 Å². The lowest BCUT2D eigenvalue weighted by Gasteiger charge is -2.07. The number of pyridine rings is 1. The van der Waals surface area contributed by atoms with Crippen LogP contribution in [0.2, 0.25) is 0 Å². The molecule has 0 fully saturated rings. The zero-order valence-corrected chi connectivity index (χ0v) is 11.4. The van der Waals surface area contributed by atoms with Crippen LogP contribution in [0.5, 0.6) is 5.75 Å². The molecular formula is C16H14N2O3. The van der Waals surface area contributed by atoms with Gasteiger partial charge in [-0.2, -0.15) is 0 Å². The molecule has 1 heterocycles. The molecule has 1 amide bonds. The van der Waals surface area contributed by atoms with Crippen molar-refractivity contribution in [2.24, 2.45) is 0 Å². The summed E-state index contributed by atoms with van der Waals surface area (Å²) >= 11 is 0. The molecule has 2 aromatic rings. The standard InChI is InChI=1S/C16H14N2O3/c1-11-4-5-14(7-12(11)3-2-6-19)18-16(21)13-8-15(20)10-17-9-13/h4-5,7-10,19-20H,6H2,1H3,(H,18,21). The number of anilines is 1. The third-order valence-electron chi connectivity index (χ3n) is 2.78. The Morgan fingerprint density at radius 2 is 2.14 bits per heavy atom. The third kappa shape index (κ3) is 3.81. The second-order valence-electron chi connectivity index (χ2n) is 4.38. The van der Waals surface area contributed by atoms with Crippen LogP contribution in [0.1, 0.15) is 21.5 Å². The van der Waals surface area contributed by atoms with Gasteiger partial charge in [0.15, 0.2) is 0 Å². The number of hydrogen-bond donors (Lipinski definition) is 3. The molecule has 1 aromatic carbocycles. The number of benzene rings is 1. The smallest absolute Gasteiger partial charge is 0.257 e. The highest BCUT2D eigenvalue weighted by Gasteiger charge is 2.08. The van der Waals surface area contributed by atoms with Crippen molar-refractivity contribution in [2.45, 2.75) is 6.92 Å². The number of aryl methyl sites for hydroxylation is 1. The Morgan fingerprint density at radius 1 is 1.33 bits per heavy atom. The van der Waals surface area contributed by atoms with Gasteiger partial charge in [-0.1, -0.05) is 17.9 Å². The first-order valence-corrected chi connectivity index (χ1v) is 6.26. The van der Waals surface area contributed by atoms with Crippen molar-refractivity contribution < 1.29 is 15.0 Å². The molecule has 2 rings (SSSR count). The summed E-state index contributed by atoms with van der Waals surface area (Å²) in [6.45, 7) is 1.68. The van der Waals surface area contributed by atoms with E-state index in [-0.39, 0.29) is 23.8 Å². The summed E-state index contributed by atoms with van der Waals surface area (Å²) in [5.41, 5.74) is 2.53. The van der Waals surface area contributed by atoms with Crippen LogP contribution in [0.4, 0.5) is 5.69 Å². The summed E-state index contributed by atoms with van der Waals surface area (Å²) in [4.78, 5) is 15.8. The molecule has 0 atom stereocenters. The normalized spacial score (nSPS) is 9.62. The van der Waals surface area contributed by atoms with Gasteiger partial charge in [0.1, 0.15) is 12.4 Å². The number of aromatic hydroxyl groups is 1. The first-order valence-electron chi connectivity index (χ1n) is 6.26. The second kappa shape index (κ2) is 6.55. The number of rotatable bonds is 2. The molecule has 5 heteroatoms. The summed E-state index contributed by atoms with van der Waals surface area (Å²) in [5.74, 6) is 4.96. The van der Waals surface area contributed by atoms with Gasteiger partial charge in [0.05, 0.1) is 11.8 Å². The van der Waals surface area contributed by atoms with Gasteiger partial charge in [-0.25, -0.2) is 0 Å². The van der Waals surface area contributed by atoms with E-state index in [0.717, 1.165) is 11.1 Å². The SMILES string of the molecule is Cc1ccc(NC(=O)c2cncc(O)c2)cc1C#CCO. The molecule has 0 bridgehead atoms. The molecule has 0 unspecified atom stereocenters. The molecule has 0 spiro atoms. The van der Waals surface area contributed by atoms with E-state index in [2.05, 4.69) is 22.1 Å². The average molecular weight is 282 g/mol. The number of hydrogen-bond acceptors (Lipinski definition) is 4. The molecule has 1 aromatic heterocycles. The van der Waals surface area contributed by atoms with Crippen LogP contribution >= 0.6 is 0 Å². The number of carbonyl (C=O) groups excluding carboxylic acids is 1. The zero-order chi connectivity index (χ0) is 15.2. The number of carbonyl (C=O) groups is 1. The summed E-state index contributed by atoms with van der Waals surface area (Å²) in [6.07, 6.45) is 2.63. The molecular weight excluding hydrogens is 268 g/mol. The lowest BCUT2D eigenvalue weighted by Crippen LogP contribution is -2.12. The van der Waals surface area contributed by atoms with E-state index in [1.54, 1.807) is 12.1 Å². The Kier molecular flexibility index (Phi) is 4.54. The lowest BCUT2D eigenvalue weighted by atomic mass is 10.1. The van der Waals surface area contributed by atoms with Gasteiger partial charge in [0.25, 0.3) is 5.91 Å². The van der Waals surface area contributed by atoms with Crippen LogP contribution in [0.3, 0.4) is 0 Å². The van der Waals surface area contributed by atoms with Crippen molar-refractivity contribution in [1.29, 1.82) is 0 Å². The number of aliphatic hydroxyl groups is 1. The predicted molar refractivity (Wildman–Crippen MR) is 79.0 cm³/mol. The van der Waals surface area contributed by atoms with Crippen LogP contribution in [0, 0.1) is 18.8 Å². The Hall–Kier alpha value is -2.84. The number of nitrogens with one attached hydrogen (secondary N) is 1. The fourth-order valence-electron chi connectivity index (χ4n) is 1.72. The molecule has 0 aliphatic heterocycles. The maximum Gasteiger partial charge on any atom is 0.257 e. The van der Waals surface area contributed by atoms with E-state index >= 15 is 0 Å². The van der Waals surface area contributed by atoms with Crippen molar-refractivity contribution in [2.75, 3.05) is 11.9 Å². The lowest BCUT2D eigenvalue weighted by molar-refractivity contribution is 0.102. The van der Waals surface area contributed by atoms with Crippen molar-refractivity contribution >= 4 is 11.6 Å². The highest BCUT2D eigenvalue weighted by atomic mass is 16.3. The minimum atomic E-state index is -0.372. The molecule has 21 heavy (non-hydrogen) atoms. The van der Waals surface area contributed by atoms with Gasteiger partial charge in [0.2, 0.25) is 0 Å². The monoisotopic (exact) mass is 282 g/mol. The quantitative estimate of drug-likeness (QED) is 0.732. The Morgan fingerprint density at radius 3 is 2.86 bits per heavy atom. The van der Waals surface area contributed by atoms with Gasteiger partial charge < -0.3 is 15.5 Å². The summed E-state index contributed by atoms with van der Waals surface area (Å²) in [6, 6.07) is 6.65. The Labute approximate surface area is 122 Å². The molecule has 0 saturated heterocycles. The molecule has 0 saturated carbocycles. The van der Waals surface area contributed by atoms with E-state index in [0.29, 0.717) is 5.69 Å². The predicted octanol–water partition coefficient (Wildman–Crippen LogP) is 1.69. The first kappa shape index (κ1) is 14.6. The fourth-order valence-corrected chi connectivity index (χ4v) is 1.72. The van der Waals surface area contributed by atoms with E-state index in [1.165, 1.54) is 18.5 Å². The number of aromatic nitrogens is 1. The van der Waals surface area contributed by atoms with Crippen molar-refractivity contribution in [3.05, 3.63) is 53.3 Å². The molecule has 106 valence electrons. The summed E-state index contributed by atoms with van der Waals surface area (Å²) in [7, 11) is 0. The van der Waals surface area contributed by atoms with E-state index < -0.39 is 0 Å². The second-order valence-corrected chi connectivity index (χ2v) is 4.38. The molecule has 0 aliphatic rings. The van der Waals surface area contributed by atoms with Crippen molar-refractivity contribution in [3.8, 4) is 17.6 Å². The summed E-state index contributed by atoms with van der Waals surface area (Å²) in [5, 5.41) is 20.8. The summed E-state index contributed by atoms with van der Waals surface area (Å²) < 4.78 is 0. The Balaban J connectivity index is 2.21. The average Bonchev–Trinajstić information content (AvgIpc) is 2.47. The number of nitrogens with zero attached hydrogens (tertiary/aromatic N) is 1. The number of aliphatic hydroxyl groups excluding tert-OH is 1. The molecule has 3 N–H and O–H groups in total. The minimum Gasteiger partial charge on any atom is -0.506 e. The van der Waals surface area contributed by atoms with Gasteiger partial charge in [-0.15, -0.1) is 0 Å². The fraction of sp³-hybridized carbons (Fsp3) is 0.125. The van der Waals surface area contributed by atoms with Gasteiger partial charge in [-0.3, -0.25) is 9.78 Å². The van der Waals surface area contributed by atoms with Gasteiger partial charge >= 0.3 is 0 Å². The highest BCUT2D eigenvalue weighted by molar-refractivity contribution is 6.04. The molecule has 5 nitrogen and oxygen atoms in total. The van der Waals surface area contributed by atoms with Crippen molar-refractivity contribution in [3.63, 3.8) is 0 Å².